The standard InChI is InChI=1S/C8H6FNO/c1-10-8-4-3-6(11-2)5-7(8)9/h3-5H,2H3. The summed E-state index contributed by atoms with van der Waals surface area (Å²) in [6.07, 6.45) is 0. The Kier molecular flexibility index (Phi) is 2.07. The Labute approximate surface area is 64.0 Å². The van der Waals surface area contributed by atoms with E-state index >= 15 is 0 Å². The van der Waals surface area contributed by atoms with Gasteiger partial charge in [-0.05, 0) is 12.1 Å². The average molecular weight is 151 g/mol. The maximum absolute atomic E-state index is 12.7. The number of rotatable bonds is 1. The molecule has 0 heterocycles. The Bertz CT molecular complexity index is 303. The summed E-state index contributed by atoms with van der Waals surface area (Å²) in [5, 5.41) is 0. The second kappa shape index (κ2) is 3.02. The van der Waals surface area contributed by atoms with Crippen LogP contribution in [0, 0.1) is 12.4 Å². The third kappa shape index (κ3) is 1.47. The van der Waals surface area contributed by atoms with Crippen LogP contribution in [0.3, 0.4) is 0 Å². The van der Waals surface area contributed by atoms with Crippen molar-refractivity contribution < 1.29 is 9.13 Å². The van der Waals surface area contributed by atoms with Gasteiger partial charge < -0.3 is 4.74 Å². The van der Waals surface area contributed by atoms with Gasteiger partial charge in [0.2, 0.25) is 5.69 Å². The van der Waals surface area contributed by atoms with E-state index in [0.29, 0.717) is 5.75 Å². The van der Waals surface area contributed by atoms with Crippen LogP contribution in [0.2, 0.25) is 0 Å². The first-order valence-corrected chi connectivity index (χ1v) is 2.99. The van der Waals surface area contributed by atoms with E-state index in [1.54, 1.807) is 6.07 Å². The maximum Gasteiger partial charge on any atom is 0.222 e. The highest BCUT2D eigenvalue weighted by atomic mass is 19.1. The molecule has 0 N–H and O–H groups in total. The second-order valence-corrected chi connectivity index (χ2v) is 1.93. The zero-order valence-electron chi connectivity index (χ0n) is 5.97. The third-order valence-corrected chi connectivity index (χ3v) is 1.28. The van der Waals surface area contributed by atoms with Crippen LogP contribution in [0.4, 0.5) is 10.1 Å². The maximum atomic E-state index is 12.7. The molecule has 0 fully saturated rings. The van der Waals surface area contributed by atoms with Gasteiger partial charge >= 0.3 is 0 Å². The molecule has 0 saturated carbocycles. The summed E-state index contributed by atoms with van der Waals surface area (Å²) in [5.41, 5.74) is 0.0193. The monoisotopic (exact) mass is 151 g/mol. The van der Waals surface area contributed by atoms with Gasteiger partial charge in [-0.25, -0.2) is 9.24 Å². The van der Waals surface area contributed by atoms with E-state index in [2.05, 4.69) is 4.85 Å². The van der Waals surface area contributed by atoms with Crippen molar-refractivity contribution in [3.8, 4) is 5.75 Å². The Morgan fingerprint density at radius 2 is 2.27 bits per heavy atom. The normalized spacial score (nSPS) is 8.82. The van der Waals surface area contributed by atoms with Gasteiger partial charge in [0.05, 0.1) is 13.7 Å². The molecule has 1 aromatic carbocycles. The second-order valence-electron chi connectivity index (χ2n) is 1.93. The number of hydrogen-bond donors (Lipinski definition) is 0. The predicted molar refractivity (Wildman–Crippen MR) is 39.2 cm³/mol. The van der Waals surface area contributed by atoms with E-state index in [9.17, 15) is 4.39 Å². The zero-order chi connectivity index (χ0) is 8.27. The highest BCUT2D eigenvalue weighted by Crippen LogP contribution is 2.22. The molecule has 0 unspecified atom stereocenters. The first kappa shape index (κ1) is 7.55. The molecular weight excluding hydrogens is 145 g/mol. The van der Waals surface area contributed by atoms with Gasteiger partial charge in [0.1, 0.15) is 11.6 Å². The van der Waals surface area contributed by atoms with Gasteiger partial charge in [-0.3, -0.25) is 0 Å². The van der Waals surface area contributed by atoms with Crippen LogP contribution >= 0.6 is 0 Å². The fourth-order valence-corrected chi connectivity index (χ4v) is 0.705. The molecule has 0 radical (unpaired) electrons. The minimum absolute atomic E-state index is 0.0193. The minimum Gasteiger partial charge on any atom is -0.497 e. The predicted octanol–water partition coefficient (Wildman–Crippen LogP) is 2.39. The fraction of sp³-hybridized carbons (Fsp3) is 0.125. The molecule has 0 aliphatic rings. The van der Waals surface area contributed by atoms with E-state index in [-0.39, 0.29) is 5.69 Å². The van der Waals surface area contributed by atoms with E-state index < -0.39 is 5.82 Å². The lowest BCUT2D eigenvalue weighted by Crippen LogP contribution is -1.82. The van der Waals surface area contributed by atoms with Gasteiger partial charge in [-0.1, -0.05) is 0 Å². The molecule has 3 heteroatoms. The number of hydrogen-bond acceptors (Lipinski definition) is 1. The first-order chi connectivity index (χ1) is 5.27. The summed E-state index contributed by atoms with van der Waals surface area (Å²) in [4.78, 5) is 2.96. The molecule has 0 aromatic heterocycles. The van der Waals surface area contributed by atoms with Gasteiger partial charge in [0.25, 0.3) is 0 Å². The lowest BCUT2D eigenvalue weighted by molar-refractivity contribution is 0.411. The Morgan fingerprint density at radius 3 is 2.73 bits per heavy atom. The first-order valence-electron chi connectivity index (χ1n) is 2.99. The van der Waals surface area contributed by atoms with Crippen LogP contribution < -0.4 is 4.74 Å². The highest BCUT2D eigenvalue weighted by Gasteiger charge is 2.01. The molecular formula is C8H6FNO. The third-order valence-electron chi connectivity index (χ3n) is 1.28. The van der Waals surface area contributed by atoms with Crippen LogP contribution in [-0.4, -0.2) is 7.11 Å². The van der Waals surface area contributed by atoms with Crippen molar-refractivity contribution in [2.45, 2.75) is 0 Å². The molecule has 11 heavy (non-hydrogen) atoms. The molecule has 0 aliphatic carbocycles. The SMILES string of the molecule is [C-]#[N+]c1ccc(OC)cc1F. The Hall–Kier alpha value is -1.56. The number of nitrogens with zero attached hydrogens (tertiary/aromatic N) is 1. The lowest BCUT2D eigenvalue weighted by Gasteiger charge is -1.98. The van der Waals surface area contributed by atoms with Crippen LogP contribution in [0.15, 0.2) is 18.2 Å². The minimum atomic E-state index is -0.542. The van der Waals surface area contributed by atoms with Crippen LogP contribution in [-0.2, 0) is 0 Å². The van der Waals surface area contributed by atoms with Crippen molar-refractivity contribution in [1.29, 1.82) is 0 Å². The van der Waals surface area contributed by atoms with Crippen molar-refractivity contribution in [3.05, 3.63) is 35.4 Å². The van der Waals surface area contributed by atoms with E-state index in [4.69, 9.17) is 11.3 Å². The molecule has 0 spiro atoms. The zero-order valence-corrected chi connectivity index (χ0v) is 5.97. The molecule has 0 amide bonds. The summed E-state index contributed by atoms with van der Waals surface area (Å²) in [7, 11) is 1.45. The Morgan fingerprint density at radius 1 is 1.55 bits per heavy atom. The quantitative estimate of drug-likeness (QED) is 0.562. The number of halogens is 1. The van der Waals surface area contributed by atoms with Gasteiger partial charge in [-0.2, -0.15) is 0 Å². The van der Waals surface area contributed by atoms with Crippen molar-refractivity contribution >= 4 is 5.69 Å². The Balaban J connectivity index is 3.12. The van der Waals surface area contributed by atoms with Crippen LogP contribution in [0.5, 0.6) is 5.75 Å². The molecule has 1 rings (SSSR count). The summed E-state index contributed by atoms with van der Waals surface area (Å²) in [6, 6.07) is 4.13. The molecule has 0 atom stereocenters. The van der Waals surface area contributed by atoms with Crippen molar-refractivity contribution in [3.63, 3.8) is 0 Å². The molecule has 56 valence electrons. The topological polar surface area (TPSA) is 13.6 Å². The van der Waals surface area contributed by atoms with Crippen molar-refractivity contribution in [2.75, 3.05) is 7.11 Å². The van der Waals surface area contributed by atoms with Crippen LogP contribution in [0.25, 0.3) is 4.85 Å². The number of ether oxygens (including phenoxy) is 1. The van der Waals surface area contributed by atoms with Gasteiger partial charge in [0.15, 0.2) is 0 Å². The van der Waals surface area contributed by atoms with E-state index in [1.807, 2.05) is 0 Å². The molecule has 1 aromatic rings. The van der Waals surface area contributed by atoms with Crippen LogP contribution in [0.1, 0.15) is 0 Å². The van der Waals surface area contributed by atoms with E-state index in [1.165, 1.54) is 19.2 Å². The summed E-state index contributed by atoms with van der Waals surface area (Å²) in [6.45, 7) is 6.56. The molecule has 0 aliphatic heterocycles. The molecule has 2 nitrogen and oxygen atoms in total. The lowest BCUT2D eigenvalue weighted by atomic mass is 10.3. The fourth-order valence-electron chi connectivity index (χ4n) is 0.705. The summed E-state index contributed by atoms with van der Waals surface area (Å²) < 4.78 is 17.5. The van der Waals surface area contributed by atoms with E-state index in [0.717, 1.165) is 0 Å². The average Bonchev–Trinajstić information content (AvgIpc) is 2.04. The summed E-state index contributed by atoms with van der Waals surface area (Å²) in [5.74, 6) is -0.116. The smallest absolute Gasteiger partial charge is 0.222 e. The summed E-state index contributed by atoms with van der Waals surface area (Å²) >= 11 is 0. The number of methoxy groups -OCH3 is 1. The van der Waals surface area contributed by atoms with Gasteiger partial charge in [-0.15, -0.1) is 0 Å². The molecule has 0 saturated heterocycles. The van der Waals surface area contributed by atoms with Gasteiger partial charge in [0, 0.05) is 6.07 Å². The highest BCUT2D eigenvalue weighted by molar-refractivity contribution is 5.48. The van der Waals surface area contributed by atoms with Crippen molar-refractivity contribution in [1.82, 2.24) is 0 Å². The molecule has 0 bridgehead atoms. The van der Waals surface area contributed by atoms with Crippen molar-refractivity contribution in [2.24, 2.45) is 0 Å². The largest absolute Gasteiger partial charge is 0.497 e. The number of benzene rings is 1.